The standard InChI is InChI=1S/C21H25N5O2/c1-13(2)20-19-16(11-18(27)23-21(19)25(3)24-20)14-6-7-17(28-4)15(10-14)12-26-9-5-8-22-26/h5-10,13,16H,11-12H2,1-4H3,(H,23,27)/t16-/m1/s1. The number of ether oxygens (including phenoxy) is 1. The van der Waals surface area contributed by atoms with Crippen LogP contribution >= 0.6 is 0 Å². The van der Waals surface area contributed by atoms with Crippen molar-refractivity contribution in [3.63, 3.8) is 0 Å². The summed E-state index contributed by atoms with van der Waals surface area (Å²) in [7, 11) is 3.55. The number of amides is 1. The second kappa shape index (κ2) is 7.14. The first kappa shape index (κ1) is 18.3. The SMILES string of the molecule is COc1ccc([C@H]2CC(=O)Nc3c2c(C(C)C)nn3C)cc1Cn1cccn1. The number of aromatic nitrogens is 4. The van der Waals surface area contributed by atoms with Gasteiger partial charge in [0.15, 0.2) is 0 Å². The number of methoxy groups -OCH3 is 1. The van der Waals surface area contributed by atoms with Crippen molar-refractivity contribution in [3.8, 4) is 5.75 Å². The van der Waals surface area contributed by atoms with Crippen LogP contribution in [0.15, 0.2) is 36.7 Å². The van der Waals surface area contributed by atoms with Crippen LogP contribution in [0.4, 0.5) is 5.82 Å². The highest BCUT2D eigenvalue weighted by molar-refractivity contribution is 5.94. The molecule has 2 aromatic heterocycles. The third kappa shape index (κ3) is 3.17. The van der Waals surface area contributed by atoms with E-state index in [1.807, 2.05) is 30.1 Å². The number of anilines is 1. The molecule has 7 heteroatoms. The molecule has 1 atom stereocenters. The van der Waals surface area contributed by atoms with E-state index in [2.05, 4.69) is 41.5 Å². The van der Waals surface area contributed by atoms with Crippen LogP contribution in [0.5, 0.6) is 5.75 Å². The largest absolute Gasteiger partial charge is 0.496 e. The topological polar surface area (TPSA) is 74.0 Å². The molecule has 0 fully saturated rings. The summed E-state index contributed by atoms with van der Waals surface area (Å²) in [6.07, 6.45) is 4.10. The normalized spacial score (nSPS) is 16.2. The molecule has 1 aliphatic heterocycles. The molecule has 1 aliphatic rings. The van der Waals surface area contributed by atoms with Crippen LogP contribution in [0, 0.1) is 0 Å². The van der Waals surface area contributed by atoms with E-state index >= 15 is 0 Å². The monoisotopic (exact) mass is 379 g/mol. The van der Waals surface area contributed by atoms with Crippen LogP contribution < -0.4 is 10.1 Å². The first-order valence-corrected chi connectivity index (χ1v) is 9.48. The Hall–Kier alpha value is -3.09. The minimum Gasteiger partial charge on any atom is -0.496 e. The van der Waals surface area contributed by atoms with Crippen molar-refractivity contribution in [3.05, 3.63) is 59.0 Å². The number of carbonyl (C=O) groups is 1. The van der Waals surface area contributed by atoms with Crippen molar-refractivity contribution in [1.29, 1.82) is 0 Å². The smallest absolute Gasteiger partial charge is 0.226 e. The Labute approximate surface area is 164 Å². The van der Waals surface area contributed by atoms with Gasteiger partial charge in [-0.15, -0.1) is 0 Å². The Kier molecular flexibility index (Phi) is 4.66. The zero-order valence-corrected chi connectivity index (χ0v) is 16.6. The van der Waals surface area contributed by atoms with Crippen LogP contribution in [0.3, 0.4) is 0 Å². The van der Waals surface area contributed by atoms with E-state index in [0.717, 1.165) is 34.0 Å². The molecule has 1 amide bonds. The van der Waals surface area contributed by atoms with Gasteiger partial charge in [-0.05, 0) is 29.7 Å². The fourth-order valence-corrected chi connectivity index (χ4v) is 3.94. The molecule has 3 heterocycles. The number of rotatable bonds is 5. The van der Waals surface area contributed by atoms with Gasteiger partial charge in [0.1, 0.15) is 11.6 Å². The van der Waals surface area contributed by atoms with Gasteiger partial charge < -0.3 is 10.1 Å². The van der Waals surface area contributed by atoms with Crippen molar-refractivity contribution in [2.75, 3.05) is 12.4 Å². The molecule has 0 unspecified atom stereocenters. The molecule has 0 aliphatic carbocycles. The van der Waals surface area contributed by atoms with Gasteiger partial charge >= 0.3 is 0 Å². The second-order valence-electron chi connectivity index (χ2n) is 7.51. The van der Waals surface area contributed by atoms with Gasteiger partial charge in [-0.25, -0.2) is 0 Å². The lowest BCUT2D eigenvalue weighted by Crippen LogP contribution is -2.25. The summed E-state index contributed by atoms with van der Waals surface area (Å²) in [5, 5.41) is 12.0. The Morgan fingerprint density at radius 1 is 1.36 bits per heavy atom. The van der Waals surface area contributed by atoms with E-state index < -0.39 is 0 Å². The van der Waals surface area contributed by atoms with Crippen LogP contribution in [-0.4, -0.2) is 32.6 Å². The van der Waals surface area contributed by atoms with Crippen LogP contribution in [0.25, 0.3) is 0 Å². The van der Waals surface area contributed by atoms with Gasteiger partial charge in [0.25, 0.3) is 0 Å². The minimum absolute atomic E-state index is 0.0141. The van der Waals surface area contributed by atoms with Crippen LogP contribution in [0.1, 0.15) is 54.5 Å². The predicted molar refractivity (Wildman–Crippen MR) is 107 cm³/mol. The summed E-state index contributed by atoms with van der Waals surface area (Å²) in [6, 6.07) is 8.06. The van der Waals surface area contributed by atoms with Crippen molar-refractivity contribution in [1.82, 2.24) is 19.6 Å². The summed E-state index contributed by atoms with van der Waals surface area (Å²) in [5.74, 6) is 1.87. The molecular formula is C21H25N5O2. The van der Waals surface area contributed by atoms with Gasteiger partial charge in [-0.1, -0.05) is 19.9 Å². The molecule has 1 aromatic carbocycles. The fourth-order valence-electron chi connectivity index (χ4n) is 3.94. The number of carbonyl (C=O) groups excluding carboxylic acids is 1. The maximum Gasteiger partial charge on any atom is 0.226 e. The molecule has 28 heavy (non-hydrogen) atoms. The average Bonchev–Trinajstić information content (AvgIpc) is 3.29. The third-order valence-electron chi connectivity index (χ3n) is 5.25. The van der Waals surface area contributed by atoms with Crippen molar-refractivity contribution < 1.29 is 9.53 Å². The fraction of sp³-hybridized carbons (Fsp3) is 0.381. The molecule has 4 rings (SSSR count). The summed E-state index contributed by atoms with van der Waals surface area (Å²) in [5.41, 5.74) is 4.28. The Morgan fingerprint density at radius 2 is 2.18 bits per heavy atom. The Morgan fingerprint density at radius 3 is 2.86 bits per heavy atom. The van der Waals surface area contributed by atoms with Gasteiger partial charge in [0.2, 0.25) is 5.91 Å². The molecule has 0 spiro atoms. The Bertz CT molecular complexity index is 1000. The molecule has 7 nitrogen and oxygen atoms in total. The number of aryl methyl sites for hydroxylation is 1. The molecule has 146 valence electrons. The maximum atomic E-state index is 12.4. The van der Waals surface area contributed by atoms with Gasteiger partial charge in [0.05, 0.1) is 19.3 Å². The molecule has 3 aromatic rings. The predicted octanol–water partition coefficient (Wildman–Crippen LogP) is 3.27. The number of hydrogen-bond acceptors (Lipinski definition) is 4. The number of nitrogens with one attached hydrogen (secondary N) is 1. The third-order valence-corrected chi connectivity index (χ3v) is 5.25. The van der Waals surface area contributed by atoms with Crippen molar-refractivity contribution >= 4 is 11.7 Å². The lowest BCUT2D eigenvalue weighted by molar-refractivity contribution is -0.116. The van der Waals surface area contributed by atoms with Crippen LogP contribution in [0.2, 0.25) is 0 Å². The zero-order chi connectivity index (χ0) is 19.8. The number of benzene rings is 1. The minimum atomic E-state index is -0.0304. The van der Waals surface area contributed by atoms with E-state index in [0.29, 0.717) is 13.0 Å². The molecule has 1 N–H and O–H groups in total. The Balaban J connectivity index is 1.80. The van der Waals surface area contributed by atoms with Gasteiger partial charge in [0, 0.05) is 42.9 Å². The van der Waals surface area contributed by atoms with E-state index in [9.17, 15) is 4.79 Å². The maximum absolute atomic E-state index is 12.4. The molecule has 0 saturated carbocycles. The first-order valence-electron chi connectivity index (χ1n) is 9.48. The van der Waals surface area contributed by atoms with E-state index in [-0.39, 0.29) is 17.7 Å². The summed E-state index contributed by atoms with van der Waals surface area (Å²) in [6.45, 7) is 4.88. The van der Waals surface area contributed by atoms with Crippen LogP contribution in [-0.2, 0) is 18.4 Å². The highest BCUT2D eigenvalue weighted by Gasteiger charge is 2.33. The lowest BCUT2D eigenvalue weighted by Gasteiger charge is -2.25. The van der Waals surface area contributed by atoms with Gasteiger partial charge in [-0.3, -0.25) is 14.2 Å². The van der Waals surface area contributed by atoms with E-state index in [1.54, 1.807) is 18.0 Å². The number of hydrogen-bond donors (Lipinski definition) is 1. The number of nitrogens with zero attached hydrogens (tertiary/aromatic N) is 4. The zero-order valence-electron chi connectivity index (χ0n) is 16.6. The summed E-state index contributed by atoms with van der Waals surface area (Å²) >= 11 is 0. The molecular weight excluding hydrogens is 354 g/mol. The van der Waals surface area contributed by atoms with Crippen molar-refractivity contribution in [2.45, 2.75) is 38.6 Å². The first-order chi connectivity index (χ1) is 13.5. The lowest BCUT2D eigenvalue weighted by atomic mass is 9.83. The molecule has 0 radical (unpaired) electrons. The number of fused-ring (bicyclic) bond motifs is 1. The van der Waals surface area contributed by atoms with E-state index in [1.165, 1.54) is 0 Å². The highest BCUT2D eigenvalue weighted by atomic mass is 16.5. The van der Waals surface area contributed by atoms with Gasteiger partial charge in [-0.2, -0.15) is 10.2 Å². The average molecular weight is 379 g/mol. The molecule has 0 bridgehead atoms. The quantitative estimate of drug-likeness (QED) is 0.738. The second-order valence-corrected chi connectivity index (χ2v) is 7.51. The van der Waals surface area contributed by atoms with Crippen molar-refractivity contribution in [2.24, 2.45) is 7.05 Å². The van der Waals surface area contributed by atoms with E-state index in [4.69, 9.17) is 4.74 Å². The summed E-state index contributed by atoms with van der Waals surface area (Å²) < 4.78 is 9.20. The highest BCUT2D eigenvalue weighted by Crippen LogP contribution is 2.42. The summed E-state index contributed by atoms with van der Waals surface area (Å²) in [4.78, 5) is 12.4. The molecule has 0 saturated heterocycles.